The quantitative estimate of drug-likeness (QED) is 0.591. The van der Waals surface area contributed by atoms with Gasteiger partial charge in [0, 0.05) is 0 Å². The first-order chi connectivity index (χ1) is 6.31. The van der Waals surface area contributed by atoms with E-state index in [9.17, 15) is 0 Å². The Morgan fingerprint density at radius 2 is 2.46 bits per heavy atom. The summed E-state index contributed by atoms with van der Waals surface area (Å²) in [6.07, 6.45) is 1.09. The number of nitrogens with zero attached hydrogens (tertiary/aromatic N) is 4. The Morgan fingerprint density at radius 3 is 3.23 bits per heavy atom. The van der Waals surface area contributed by atoms with E-state index in [4.69, 9.17) is 10.5 Å². The van der Waals surface area contributed by atoms with Crippen LogP contribution in [0.1, 0.15) is 6.92 Å². The van der Waals surface area contributed by atoms with Gasteiger partial charge in [-0.1, -0.05) is 0 Å². The van der Waals surface area contributed by atoms with Crippen molar-refractivity contribution in [2.75, 3.05) is 6.61 Å². The molecular weight excluding hydrogens is 170 g/mol. The van der Waals surface area contributed by atoms with E-state index in [0.717, 1.165) is 0 Å². The third-order valence-electron chi connectivity index (χ3n) is 1.62. The molecule has 0 bridgehead atoms. The second-order valence-corrected chi connectivity index (χ2v) is 2.49. The van der Waals surface area contributed by atoms with Crippen molar-refractivity contribution in [3.8, 4) is 0 Å². The summed E-state index contributed by atoms with van der Waals surface area (Å²) < 4.78 is 5.25. The number of fused-ring (bicyclic) bond motifs is 1. The summed E-state index contributed by atoms with van der Waals surface area (Å²) in [5.74, 6) is 0.615. The minimum Gasteiger partial charge on any atom is -0.476 e. The lowest BCUT2D eigenvalue weighted by Crippen LogP contribution is -2.33. The van der Waals surface area contributed by atoms with Crippen molar-refractivity contribution in [1.29, 1.82) is 0 Å². The molecule has 2 N–H and O–H groups in total. The van der Waals surface area contributed by atoms with E-state index in [1.165, 1.54) is 6.34 Å². The van der Waals surface area contributed by atoms with Gasteiger partial charge in [0.15, 0.2) is 11.9 Å². The van der Waals surface area contributed by atoms with Crippen molar-refractivity contribution in [3.05, 3.63) is 0 Å². The highest BCUT2D eigenvalue weighted by molar-refractivity contribution is 6.45. The van der Waals surface area contributed by atoms with Gasteiger partial charge in [0.1, 0.15) is 6.34 Å². The van der Waals surface area contributed by atoms with E-state index in [1.807, 2.05) is 6.92 Å². The smallest absolute Gasteiger partial charge is 0.243 e. The average Bonchev–Trinajstić information content (AvgIpc) is 2.52. The highest BCUT2D eigenvalue weighted by atomic mass is 16.5. The average molecular weight is 179 g/mol. The first kappa shape index (κ1) is 7.90. The van der Waals surface area contributed by atoms with Crippen LogP contribution in [0.2, 0.25) is 0 Å². The van der Waals surface area contributed by atoms with Crippen LogP contribution >= 0.6 is 0 Å². The Bertz CT molecular complexity index is 341. The Hall–Kier alpha value is -1.72. The van der Waals surface area contributed by atoms with Gasteiger partial charge in [0.05, 0.1) is 6.61 Å². The topological polar surface area (TPSA) is 84.7 Å². The largest absolute Gasteiger partial charge is 0.476 e. The molecule has 2 heterocycles. The van der Waals surface area contributed by atoms with Crippen molar-refractivity contribution in [2.24, 2.45) is 25.7 Å². The zero-order chi connectivity index (χ0) is 9.26. The van der Waals surface area contributed by atoms with Gasteiger partial charge in [-0.05, 0) is 6.92 Å². The Morgan fingerprint density at radius 1 is 1.62 bits per heavy atom. The summed E-state index contributed by atoms with van der Waals surface area (Å²) in [6, 6.07) is 0. The number of guanidine groups is 1. The van der Waals surface area contributed by atoms with Gasteiger partial charge >= 0.3 is 0 Å². The monoisotopic (exact) mass is 179 g/mol. The zero-order valence-corrected chi connectivity index (χ0v) is 7.14. The fraction of sp³-hybridized carbons (Fsp3) is 0.429. The van der Waals surface area contributed by atoms with Crippen molar-refractivity contribution in [1.82, 2.24) is 0 Å². The van der Waals surface area contributed by atoms with Gasteiger partial charge in [-0.2, -0.15) is 4.99 Å². The summed E-state index contributed by atoms with van der Waals surface area (Å²) in [5, 5.41) is 0. The molecule has 2 rings (SSSR count). The molecule has 1 atom stereocenters. The van der Waals surface area contributed by atoms with E-state index >= 15 is 0 Å². The van der Waals surface area contributed by atoms with E-state index in [0.29, 0.717) is 18.2 Å². The van der Waals surface area contributed by atoms with Crippen LogP contribution in [-0.4, -0.2) is 36.7 Å². The molecular formula is C7H9N5O. The van der Waals surface area contributed by atoms with Crippen molar-refractivity contribution < 1.29 is 4.74 Å². The van der Waals surface area contributed by atoms with Crippen LogP contribution < -0.4 is 5.73 Å². The fourth-order valence-corrected chi connectivity index (χ4v) is 1.11. The molecule has 13 heavy (non-hydrogen) atoms. The third kappa shape index (κ3) is 1.30. The number of rotatable bonds is 1. The second kappa shape index (κ2) is 2.96. The Balaban J connectivity index is 2.30. The number of ether oxygens (including phenoxy) is 1. The molecule has 0 radical (unpaired) electrons. The molecule has 0 aromatic heterocycles. The Labute approximate surface area is 75.0 Å². The maximum absolute atomic E-state index is 5.46. The maximum Gasteiger partial charge on any atom is 0.243 e. The predicted molar refractivity (Wildman–Crippen MR) is 50.4 cm³/mol. The van der Waals surface area contributed by atoms with Crippen LogP contribution in [0.15, 0.2) is 20.0 Å². The Kier molecular flexibility index (Phi) is 1.80. The summed E-state index contributed by atoms with van der Waals surface area (Å²) in [5.41, 5.74) is 6.10. The molecule has 0 fully saturated rings. The molecule has 0 saturated carbocycles. The molecule has 2 aliphatic heterocycles. The number of nitrogens with two attached hydrogens (primary N) is 1. The van der Waals surface area contributed by atoms with Gasteiger partial charge in [-0.15, -0.1) is 0 Å². The molecule has 68 valence electrons. The normalized spacial score (nSPS) is 24.7. The lowest BCUT2D eigenvalue weighted by Gasteiger charge is -2.14. The van der Waals surface area contributed by atoms with Gasteiger partial charge in [-0.25, -0.2) is 15.0 Å². The van der Waals surface area contributed by atoms with Crippen molar-refractivity contribution in [2.45, 2.75) is 13.1 Å². The van der Waals surface area contributed by atoms with Crippen molar-refractivity contribution in [3.63, 3.8) is 0 Å². The first-order valence-corrected chi connectivity index (χ1v) is 3.95. The van der Waals surface area contributed by atoms with Crippen LogP contribution in [0.4, 0.5) is 0 Å². The molecule has 0 unspecified atom stereocenters. The van der Waals surface area contributed by atoms with Crippen LogP contribution in [0.5, 0.6) is 0 Å². The van der Waals surface area contributed by atoms with Crippen LogP contribution in [0, 0.1) is 0 Å². The van der Waals surface area contributed by atoms with E-state index in [1.54, 1.807) is 0 Å². The number of hydrogen-bond acceptors (Lipinski definition) is 6. The predicted octanol–water partition coefficient (Wildman–Crippen LogP) is -0.441. The van der Waals surface area contributed by atoms with Crippen molar-refractivity contribution >= 4 is 23.9 Å². The summed E-state index contributed by atoms with van der Waals surface area (Å²) in [7, 11) is 0. The first-order valence-electron chi connectivity index (χ1n) is 3.95. The summed E-state index contributed by atoms with van der Waals surface area (Å²) in [4.78, 5) is 15.9. The van der Waals surface area contributed by atoms with E-state index in [2.05, 4.69) is 20.0 Å². The molecule has 0 aromatic rings. The lowest BCUT2D eigenvalue weighted by atomic mass is 10.3. The summed E-state index contributed by atoms with van der Waals surface area (Å²) >= 11 is 0. The minimum absolute atomic E-state index is 0.187. The molecule has 2 aliphatic rings. The maximum atomic E-state index is 5.46. The van der Waals surface area contributed by atoms with E-state index < -0.39 is 0 Å². The highest BCUT2D eigenvalue weighted by Gasteiger charge is 2.27. The third-order valence-corrected chi connectivity index (χ3v) is 1.62. The fourth-order valence-electron chi connectivity index (χ4n) is 1.11. The van der Waals surface area contributed by atoms with E-state index in [-0.39, 0.29) is 12.1 Å². The van der Waals surface area contributed by atoms with Crippen LogP contribution in [-0.2, 0) is 4.74 Å². The highest BCUT2D eigenvalue weighted by Crippen LogP contribution is 2.10. The molecule has 0 amide bonds. The number of hydrogen-bond donors (Lipinski definition) is 1. The summed E-state index contributed by atoms with van der Waals surface area (Å²) in [6.45, 7) is 2.40. The molecule has 0 aromatic carbocycles. The van der Waals surface area contributed by atoms with Gasteiger partial charge in [0.2, 0.25) is 11.9 Å². The standard InChI is InChI=1S/C7H9N5O/c1-2-13-6-4-5(10-3-9-4)11-7(8)12-6/h3,5H,2H2,1H3,(H2,8,11)/t5-/m0/s1. The van der Waals surface area contributed by atoms with Gasteiger partial charge in [-0.3, -0.25) is 0 Å². The second-order valence-electron chi connectivity index (χ2n) is 2.49. The van der Waals surface area contributed by atoms with Crippen LogP contribution in [0.3, 0.4) is 0 Å². The molecule has 0 spiro atoms. The molecule has 6 nitrogen and oxygen atoms in total. The molecule has 0 aliphatic carbocycles. The molecule has 0 saturated heterocycles. The lowest BCUT2D eigenvalue weighted by molar-refractivity contribution is 0.333. The zero-order valence-electron chi connectivity index (χ0n) is 7.14. The van der Waals surface area contributed by atoms with Gasteiger partial charge < -0.3 is 10.5 Å². The minimum atomic E-state index is -0.348. The number of aliphatic imine (C=N–C) groups is 4. The molecule has 6 heteroatoms. The SMILES string of the molecule is CCOC1=NC(N)=N[C@@H]2N=CN=C12. The van der Waals surface area contributed by atoms with Crippen LogP contribution in [0.25, 0.3) is 0 Å². The van der Waals surface area contributed by atoms with Gasteiger partial charge in [0.25, 0.3) is 0 Å².